The van der Waals surface area contributed by atoms with Gasteiger partial charge in [-0.3, -0.25) is 4.98 Å². The summed E-state index contributed by atoms with van der Waals surface area (Å²) in [7, 11) is 0. The van der Waals surface area contributed by atoms with Crippen LogP contribution in [0.15, 0.2) is 36.7 Å². The van der Waals surface area contributed by atoms with E-state index in [0.717, 1.165) is 68.5 Å². The van der Waals surface area contributed by atoms with E-state index in [1.165, 1.54) is 32.4 Å². The summed E-state index contributed by atoms with van der Waals surface area (Å²) >= 11 is 6.75. The van der Waals surface area contributed by atoms with Crippen LogP contribution >= 0.6 is 11.6 Å². The molecule has 5 rings (SSSR count). The Bertz CT molecular complexity index is 1180. The number of benzene rings is 2. The fourth-order valence-corrected chi connectivity index (χ4v) is 4.88. The van der Waals surface area contributed by atoms with Crippen LogP contribution in [0.4, 0.5) is 0 Å². The first-order valence-corrected chi connectivity index (χ1v) is 10.9. The molecule has 1 fully saturated rings. The molecule has 0 aliphatic carbocycles. The van der Waals surface area contributed by atoms with Gasteiger partial charge in [0.25, 0.3) is 0 Å². The lowest BCUT2D eigenvalue weighted by Crippen LogP contribution is -2.31. The van der Waals surface area contributed by atoms with Crippen LogP contribution in [0.25, 0.3) is 32.6 Å². The summed E-state index contributed by atoms with van der Waals surface area (Å²) in [5.74, 6) is 0.842. The van der Waals surface area contributed by atoms with Crippen LogP contribution in [0.3, 0.4) is 0 Å². The van der Waals surface area contributed by atoms with E-state index in [2.05, 4.69) is 40.0 Å². The van der Waals surface area contributed by atoms with Crippen molar-refractivity contribution in [2.24, 2.45) is 0 Å². The highest BCUT2D eigenvalue weighted by Crippen LogP contribution is 2.38. The minimum absolute atomic E-state index is 0.719. The van der Waals surface area contributed by atoms with Crippen LogP contribution in [0.2, 0.25) is 5.02 Å². The summed E-state index contributed by atoms with van der Waals surface area (Å²) in [6.45, 7) is 6.37. The van der Waals surface area contributed by atoms with Gasteiger partial charge in [0.1, 0.15) is 5.75 Å². The molecule has 2 aromatic carbocycles. The fourth-order valence-electron chi connectivity index (χ4n) is 4.57. The first-order valence-electron chi connectivity index (χ1n) is 10.5. The van der Waals surface area contributed by atoms with Crippen LogP contribution in [-0.4, -0.2) is 41.1 Å². The van der Waals surface area contributed by atoms with Crippen molar-refractivity contribution in [1.82, 2.24) is 14.9 Å². The van der Waals surface area contributed by atoms with Crippen LogP contribution in [0, 0.1) is 6.92 Å². The normalized spacial score (nSPS) is 15.5. The Hall–Kier alpha value is -2.30. The predicted molar refractivity (Wildman–Crippen MR) is 121 cm³/mol. The van der Waals surface area contributed by atoms with E-state index >= 15 is 0 Å². The molecule has 150 valence electrons. The van der Waals surface area contributed by atoms with Gasteiger partial charge >= 0.3 is 0 Å². The average Bonchev–Trinajstić information content (AvgIpc) is 3.12. The largest absolute Gasteiger partial charge is 0.493 e. The molecule has 0 bridgehead atoms. The molecule has 0 unspecified atom stereocenters. The highest BCUT2D eigenvalue weighted by atomic mass is 35.5. The number of nitrogens with one attached hydrogen (secondary N) is 1. The summed E-state index contributed by atoms with van der Waals surface area (Å²) in [6, 6.07) is 8.28. The average molecular weight is 408 g/mol. The molecule has 4 aromatic rings. The number of ether oxygens (including phenoxy) is 1. The van der Waals surface area contributed by atoms with Gasteiger partial charge in [0.15, 0.2) is 0 Å². The lowest BCUT2D eigenvalue weighted by molar-refractivity contribution is 0.205. The molecule has 1 aliphatic rings. The van der Waals surface area contributed by atoms with Gasteiger partial charge in [0.2, 0.25) is 0 Å². The SMILES string of the molecule is Cc1cncc2c1[nH]c1ccc3cc(OCCCN4CCCCC4)cc(Cl)c3c12. The number of hydrogen-bond donors (Lipinski definition) is 1. The molecule has 0 amide bonds. The second-order valence-electron chi connectivity index (χ2n) is 8.10. The van der Waals surface area contributed by atoms with Crippen molar-refractivity contribution < 1.29 is 4.74 Å². The molecule has 3 heterocycles. The maximum Gasteiger partial charge on any atom is 0.121 e. The molecule has 0 atom stereocenters. The molecule has 1 N–H and O–H groups in total. The Morgan fingerprint density at radius 1 is 1.10 bits per heavy atom. The number of rotatable bonds is 5. The van der Waals surface area contributed by atoms with Crippen LogP contribution < -0.4 is 4.74 Å². The second-order valence-corrected chi connectivity index (χ2v) is 8.51. The molecule has 0 spiro atoms. The van der Waals surface area contributed by atoms with Crippen molar-refractivity contribution >= 4 is 44.2 Å². The van der Waals surface area contributed by atoms with E-state index in [4.69, 9.17) is 16.3 Å². The summed E-state index contributed by atoms with van der Waals surface area (Å²) in [5.41, 5.74) is 3.34. The third-order valence-electron chi connectivity index (χ3n) is 6.04. The Kier molecular flexibility index (Phi) is 5.06. The molecule has 1 saturated heterocycles. The molecular formula is C24H26ClN3O. The summed E-state index contributed by atoms with van der Waals surface area (Å²) in [6.07, 6.45) is 8.89. The van der Waals surface area contributed by atoms with E-state index in [0.29, 0.717) is 0 Å². The molecular weight excluding hydrogens is 382 g/mol. The first-order chi connectivity index (χ1) is 14.2. The Morgan fingerprint density at radius 2 is 1.97 bits per heavy atom. The van der Waals surface area contributed by atoms with E-state index in [1.807, 2.05) is 18.5 Å². The van der Waals surface area contributed by atoms with Crippen molar-refractivity contribution in [3.63, 3.8) is 0 Å². The smallest absolute Gasteiger partial charge is 0.121 e. The standard InChI is InChI=1S/C24H26ClN3O/c1-16-14-26-15-19-23-21(27-24(16)19)7-6-17-12-18(13-20(25)22(17)23)29-11-5-10-28-8-3-2-4-9-28/h6-7,12-15,27H,2-5,8-11H2,1H3. The maximum atomic E-state index is 6.75. The lowest BCUT2D eigenvalue weighted by atomic mass is 10.0. The van der Waals surface area contributed by atoms with Crippen molar-refractivity contribution in [3.05, 3.63) is 47.2 Å². The summed E-state index contributed by atoms with van der Waals surface area (Å²) in [5, 5.41) is 5.13. The molecule has 4 nitrogen and oxygen atoms in total. The molecule has 1 aliphatic heterocycles. The number of halogens is 1. The van der Waals surface area contributed by atoms with Gasteiger partial charge in [-0.05, 0) is 68.4 Å². The zero-order chi connectivity index (χ0) is 19.8. The lowest BCUT2D eigenvalue weighted by Gasteiger charge is -2.26. The highest BCUT2D eigenvalue weighted by molar-refractivity contribution is 6.39. The Labute approximate surface area is 175 Å². The fraction of sp³-hybridized carbons (Fsp3) is 0.375. The van der Waals surface area contributed by atoms with E-state index in [9.17, 15) is 0 Å². The summed E-state index contributed by atoms with van der Waals surface area (Å²) < 4.78 is 6.05. The topological polar surface area (TPSA) is 41.1 Å². The Morgan fingerprint density at radius 3 is 2.83 bits per heavy atom. The molecule has 2 aromatic heterocycles. The van der Waals surface area contributed by atoms with E-state index in [1.54, 1.807) is 0 Å². The zero-order valence-electron chi connectivity index (χ0n) is 16.8. The van der Waals surface area contributed by atoms with Gasteiger partial charge in [0, 0.05) is 40.6 Å². The van der Waals surface area contributed by atoms with E-state index in [-0.39, 0.29) is 0 Å². The van der Waals surface area contributed by atoms with Gasteiger partial charge in [-0.15, -0.1) is 0 Å². The number of hydrogen-bond acceptors (Lipinski definition) is 3. The number of piperidine rings is 1. The molecule has 5 heteroatoms. The van der Waals surface area contributed by atoms with Crippen molar-refractivity contribution in [1.29, 1.82) is 0 Å². The van der Waals surface area contributed by atoms with Gasteiger partial charge in [0.05, 0.1) is 17.1 Å². The summed E-state index contributed by atoms with van der Waals surface area (Å²) in [4.78, 5) is 10.4. The van der Waals surface area contributed by atoms with E-state index < -0.39 is 0 Å². The predicted octanol–water partition coefficient (Wildman–Crippen LogP) is 6.09. The Balaban J connectivity index is 1.41. The number of aryl methyl sites for hydroxylation is 1. The number of nitrogens with zero attached hydrogens (tertiary/aromatic N) is 2. The maximum absolute atomic E-state index is 6.75. The number of likely N-dealkylation sites (tertiary alicyclic amines) is 1. The molecule has 0 radical (unpaired) electrons. The van der Waals surface area contributed by atoms with Crippen LogP contribution in [-0.2, 0) is 0 Å². The third-order valence-corrected chi connectivity index (χ3v) is 6.34. The number of pyridine rings is 1. The number of H-pyrrole nitrogens is 1. The third kappa shape index (κ3) is 3.56. The van der Waals surface area contributed by atoms with Crippen molar-refractivity contribution in [2.75, 3.05) is 26.2 Å². The van der Waals surface area contributed by atoms with Crippen molar-refractivity contribution in [2.45, 2.75) is 32.6 Å². The highest BCUT2D eigenvalue weighted by Gasteiger charge is 2.14. The number of aromatic nitrogens is 2. The van der Waals surface area contributed by atoms with Gasteiger partial charge in [-0.1, -0.05) is 24.1 Å². The second kappa shape index (κ2) is 7.85. The van der Waals surface area contributed by atoms with Crippen LogP contribution in [0.1, 0.15) is 31.2 Å². The van der Waals surface area contributed by atoms with Gasteiger partial charge in [-0.25, -0.2) is 0 Å². The monoisotopic (exact) mass is 407 g/mol. The zero-order valence-corrected chi connectivity index (χ0v) is 17.6. The minimum Gasteiger partial charge on any atom is -0.493 e. The van der Waals surface area contributed by atoms with Gasteiger partial charge < -0.3 is 14.6 Å². The van der Waals surface area contributed by atoms with Crippen molar-refractivity contribution in [3.8, 4) is 5.75 Å². The number of fused-ring (bicyclic) bond motifs is 5. The number of aromatic amines is 1. The van der Waals surface area contributed by atoms with Crippen LogP contribution in [0.5, 0.6) is 5.75 Å². The molecule has 29 heavy (non-hydrogen) atoms. The first kappa shape index (κ1) is 18.7. The quantitative estimate of drug-likeness (QED) is 0.407. The minimum atomic E-state index is 0.719. The molecule has 0 saturated carbocycles. The van der Waals surface area contributed by atoms with Gasteiger partial charge in [-0.2, -0.15) is 0 Å².